The van der Waals surface area contributed by atoms with Crippen molar-refractivity contribution >= 4 is 23.2 Å². The highest BCUT2D eigenvalue weighted by Gasteiger charge is 2.16. The van der Waals surface area contributed by atoms with Crippen LogP contribution in [0.25, 0.3) is 0 Å². The minimum Gasteiger partial charge on any atom is -0.305 e. The molecule has 1 aromatic carbocycles. The van der Waals surface area contributed by atoms with Crippen LogP contribution in [0.15, 0.2) is 36.5 Å². The average molecular weight is 309 g/mol. The fourth-order valence-electron chi connectivity index (χ4n) is 2.09. The predicted octanol–water partition coefficient (Wildman–Crippen LogP) is 4.79. The molecule has 0 saturated heterocycles. The number of pyridine rings is 1. The van der Waals surface area contributed by atoms with Gasteiger partial charge in [0.15, 0.2) is 0 Å². The van der Waals surface area contributed by atoms with Gasteiger partial charge in [0.25, 0.3) is 0 Å². The first-order chi connectivity index (χ1) is 9.61. The Kier molecular flexibility index (Phi) is 5.41. The van der Waals surface area contributed by atoms with Gasteiger partial charge in [0, 0.05) is 6.20 Å². The number of hydrogen-bond acceptors (Lipinski definition) is 2. The summed E-state index contributed by atoms with van der Waals surface area (Å²) in [6.45, 7) is 5.13. The van der Waals surface area contributed by atoms with Gasteiger partial charge < -0.3 is 5.32 Å². The molecule has 0 aliphatic heterocycles. The fraction of sp³-hybridized carbons (Fsp3) is 0.312. The molecule has 0 saturated carbocycles. The molecule has 0 amide bonds. The Hall–Kier alpha value is -1.09. The Bertz CT molecular complexity index is 584. The standard InChI is InChI=1S/C16H18Cl2N2/c1-3-7-20-16(15-9-11(2)6-8-19-15)12-4-5-13(17)14(18)10-12/h4-6,8-10,16,20H,3,7H2,1-2H3. The van der Waals surface area contributed by atoms with Crippen LogP contribution < -0.4 is 5.32 Å². The van der Waals surface area contributed by atoms with Crippen LogP contribution in [-0.2, 0) is 0 Å². The number of benzene rings is 1. The lowest BCUT2D eigenvalue weighted by atomic mass is 10.0. The quantitative estimate of drug-likeness (QED) is 0.859. The second-order valence-corrected chi connectivity index (χ2v) is 5.63. The van der Waals surface area contributed by atoms with E-state index in [2.05, 4.69) is 30.2 Å². The summed E-state index contributed by atoms with van der Waals surface area (Å²) in [5.41, 5.74) is 3.26. The molecule has 2 aromatic rings. The predicted molar refractivity (Wildman–Crippen MR) is 85.6 cm³/mol. The molecule has 0 aliphatic rings. The Morgan fingerprint density at radius 3 is 2.60 bits per heavy atom. The first kappa shape index (κ1) is 15.3. The van der Waals surface area contributed by atoms with Crippen molar-refractivity contribution in [3.05, 3.63) is 63.4 Å². The smallest absolute Gasteiger partial charge is 0.0752 e. The molecule has 2 nitrogen and oxygen atoms in total. The molecule has 1 atom stereocenters. The van der Waals surface area contributed by atoms with Crippen molar-refractivity contribution in [3.8, 4) is 0 Å². The van der Waals surface area contributed by atoms with E-state index < -0.39 is 0 Å². The van der Waals surface area contributed by atoms with E-state index in [4.69, 9.17) is 23.2 Å². The van der Waals surface area contributed by atoms with Crippen LogP contribution in [0.4, 0.5) is 0 Å². The molecular weight excluding hydrogens is 291 g/mol. The molecule has 1 N–H and O–H groups in total. The number of aryl methyl sites for hydroxylation is 1. The lowest BCUT2D eigenvalue weighted by Crippen LogP contribution is -2.24. The lowest BCUT2D eigenvalue weighted by molar-refractivity contribution is 0.586. The van der Waals surface area contributed by atoms with Gasteiger partial charge in [-0.25, -0.2) is 0 Å². The van der Waals surface area contributed by atoms with Gasteiger partial charge in [-0.1, -0.05) is 36.2 Å². The van der Waals surface area contributed by atoms with E-state index in [-0.39, 0.29) is 6.04 Å². The zero-order chi connectivity index (χ0) is 14.5. The zero-order valence-corrected chi connectivity index (χ0v) is 13.2. The van der Waals surface area contributed by atoms with Gasteiger partial charge in [-0.2, -0.15) is 0 Å². The van der Waals surface area contributed by atoms with Gasteiger partial charge in [-0.3, -0.25) is 4.98 Å². The third-order valence-corrected chi connectivity index (χ3v) is 3.85. The van der Waals surface area contributed by atoms with Crippen LogP contribution >= 0.6 is 23.2 Å². The molecule has 0 radical (unpaired) electrons. The first-order valence-electron chi connectivity index (χ1n) is 6.72. The topological polar surface area (TPSA) is 24.9 Å². The zero-order valence-electron chi connectivity index (χ0n) is 11.7. The summed E-state index contributed by atoms with van der Waals surface area (Å²) in [6.07, 6.45) is 2.90. The van der Waals surface area contributed by atoms with E-state index in [1.807, 2.05) is 30.5 Å². The summed E-state index contributed by atoms with van der Waals surface area (Å²) < 4.78 is 0. The molecule has 0 fully saturated rings. The summed E-state index contributed by atoms with van der Waals surface area (Å²) >= 11 is 12.1. The van der Waals surface area contributed by atoms with E-state index in [1.54, 1.807) is 0 Å². The number of aromatic nitrogens is 1. The molecule has 4 heteroatoms. The third-order valence-electron chi connectivity index (χ3n) is 3.11. The molecule has 20 heavy (non-hydrogen) atoms. The first-order valence-corrected chi connectivity index (χ1v) is 7.48. The Labute approximate surface area is 130 Å². The van der Waals surface area contributed by atoms with Crippen molar-refractivity contribution in [2.75, 3.05) is 6.54 Å². The maximum absolute atomic E-state index is 6.13. The monoisotopic (exact) mass is 308 g/mol. The largest absolute Gasteiger partial charge is 0.305 e. The second-order valence-electron chi connectivity index (χ2n) is 4.82. The molecule has 0 spiro atoms. The number of hydrogen-bond donors (Lipinski definition) is 1. The molecule has 0 aliphatic carbocycles. The number of rotatable bonds is 5. The maximum atomic E-state index is 6.13. The van der Waals surface area contributed by atoms with Crippen molar-refractivity contribution in [2.24, 2.45) is 0 Å². The van der Waals surface area contributed by atoms with Gasteiger partial charge in [-0.05, 0) is 55.3 Å². The normalized spacial score (nSPS) is 12.4. The van der Waals surface area contributed by atoms with Crippen molar-refractivity contribution in [1.82, 2.24) is 10.3 Å². The van der Waals surface area contributed by atoms with Crippen LogP contribution in [0.2, 0.25) is 10.0 Å². The van der Waals surface area contributed by atoms with E-state index in [0.29, 0.717) is 10.0 Å². The van der Waals surface area contributed by atoms with Gasteiger partial charge >= 0.3 is 0 Å². The molecular formula is C16H18Cl2N2. The van der Waals surface area contributed by atoms with Crippen LogP contribution in [-0.4, -0.2) is 11.5 Å². The van der Waals surface area contributed by atoms with E-state index in [0.717, 1.165) is 24.2 Å². The van der Waals surface area contributed by atoms with Crippen molar-refractivity contribution in [2.45, 2.75) is 26.3 Å². The molecule has 1 unspecified atom stereocenters. The van der Waals surface area contributed by atoms with Crippen LogP contribution in [0.1, 0.15) is 36.2 Å². The molecule has 0 bridgehead atoms. The maximum Gasteiger partial charge on any atom is 0.0752 e. The second kappa shape index (κ2) is 7.07. The van der Waals surface area contributed by atoms with Gasteiger partial charge in [0.05, 0.1) is 21.8 Å². The Morgan fingerprint density at radius 1 is 1.15 bits per heavy atom. The van der Waals surface area contributed by atoms with E-state index in [1.165, 1.54) is 5.56 Å². The van der Waals surface area contributed by atoms with Crippen LogP contribution in [0.5, 0.6) is 0 Å². The van der Waals surface area contributed by atoms with Crippen LogP contribution in [0.3, 0.4) is 0 Å². The molecule has 1 heterocycles. The van der Waals surface area contributed by atoms with Gasteiger partial charge in [0.2, 0.25) is 0 Å². The summed E-state index contributed by atoms with van der Waals surface area (Å²) in [6, 6.07) is 9.85. The third kappa shape index (κ3) is 3.72. The number of nitrogens with one attached hydrogen (secondary N) is 1. The molecule has 1 aromatic heterocycles. The van der Waals surface area contributed by atoms with Crippen molar-refractivity contribution in [1.29, 1.82) is 0 Å². The SMILES string of the molecule is CCCNC(c1ccc(Cl)c(Cl)c1)c1cc(C)ccn1. The fourth-order valence-corrected chi connectivity index (χ4v) is 2.40. The highest BCUT2D eigenvalue weighted by Crippen LogP contribution is 2.28. The minimum atomic E-state index is 0.0321. The summed E-state index contributed by atoms with van der Waals surface area (Å²) in [5, 5.41) is 4.65. The number of halogens is 2. The summed E-state index contributed by atoms with van der Waals surface area (Å²) in [4.78, 5) is 4.48. The summed E-state index contributed by atoms with van der Waals surface area (Å²) in [7, 11) is 0. The van der Waals surface area contributed by atoms with Crippen molar-refractivity contribution in [3.63, 3.8) is 0 Å². The Balaban J connectivity index is 2.38. The average Bonchev–Trinajstić information content (AvgIpc) is 2.43. The van der Waals surface area contributed by atoms with Crippen LogP contribution in [0, 0.1) is 6.92 Å². The number of nitrogens with zero attached hydrogens (tertiary/aromatic N) is 1. The summed E-state index contributed by atoms with van der Waals surface area (Å²) in [5.74, 6) is 0. The molecule has 106 valence electrons. The highest BCUT2D eigenvalue weighted by molar-refractivity contribution is 6.42. The Morgan fingerprint density at radius 2 is 1.95 bits per heavy atom. The van der Waals surface area contributed by atoms with E-state index >= 15 is 0 Å². The highest BCUT2D eigenvalue weighted by atomic mass is 35.5. The van der Waals surface area contributed by atoms with Gasteiger partial charge in [0.1, 0.15) is 0 Å². The molecule has 2 rings (SSSR count). The van der Waals surface area contributed by atoms with Gasteiger partial charge in [-0.15, -0.1) is 0 Å². The minimum absolute atomic E-state index is 0.0321. The van der Waals surface area contributed by atoms with Crippen molar-refractivity contribution < 1.29 is 0 Å². The lowest BCUT2D eigenvalue weighted by Gasteiger charge is -2.19. The van der Waals surface area contributed by atoms with E-state index in [9.17, 15) is 0 Å².